The summed E-state index contributed by atoms with van der Waals surface area (Å²) in [7, 11) is 0. The van der Waals surface area contributed by atoms with E-state index in [1.807, 2.05) is 9.97 Å². The zero-order chi connectivity index (χ0) is 19.3. The number of nitrogens with one attached hydrogen (secondary N) is 2. The average Bonchev–Trinajstić information content (AvgIpc) is 2.62. The first kappa shape index (κ1) is 16.9. The van der Waals surface area contributed by atoms with Gasteiger partial charge in [0.15, 0.2) is 0 Å². The maximum Gasteiger partial charge on any atom is 0.328 e. The summed E-state index contributed by atoms with van der Waals surface area (Å²) in [5.41, 5.74) is -1.65. The standard InChI is InChI=1S/C17H9BrN4O5/c18-11-5-4-9-12-7(11)2-1-3-8(12)15(25)22(16(9)26)19-6-10-13(23)20-17(27)21-14(10)24/h1-6H,(H3,20,21,23,24,27)/b19-6+. The molecule has 1 aliphatic heterocycles. The van der Waals surface area contributed by atoms with Crippen LogP contribution < -0.4 is 11.2 Å². The van der Waals surface area contributed by atoms with Gasteiger partial charge in [0.05, 0.1) is 17.3 Å². The maximum absolute atomic E-state index is 12.7. The predicted molar refractivity (Wildman–Crippen MR) is 99.1 cm³/mol. The van der Waals surface area contributed by atoms with Crippen LogP contribution in [0.15, 0.2) is 49.5 Å². The highest BCUT2D eigenvalue weighted by atomic mass is 79.9. The number of halogens is 1. The van der Waals surface area contributed by atoms with Crippen molar-refractivity contribution in [3.63, 3.8) is 0 Å². The number of hydrazone groups is 1. The lowest BCUT2D eigenvalue weighted by Gasteiger charge is -2.23. The van der Waals surface area contributed by atoms with Crippen molar-refractivity contribution in [2.75, 3.05) is 0 Å². The maximum atomic E-state index is 12.7. The van der Waals surface area contributed by atoms with Crippen LogP contribution in [0.4, 0.5) is 0 Å². The molecule has 0 saturated heterocycles. The van der Waals surface area contributed by atoms with Crippen molar-refractivity contribution in [3.05, 3.63) is 72.3 Å². The van der Waals surface area contributed by atoms with E-state index in [0.717, 1.165) is 10.7 Å². The first-order chi connectivity index (χ1) is 12.9. The molecule has 9 nitrogen and oxygen atoms in total. The Morgan fingerprint density at radius 1 is 1.00 bits per heavy atom. The molecule has 2 amide bonds. The molecular weight excluding hydrogens is 420 g/mol. The van der Waals surface area contributed by atoms with Gasteiger partial charge in [0.2, 0.25) is 5.88 Å². The number of H-pyrrole nitrogens is 2. The highest BCUT2D eigenvalue weighted by molar-refractivity contribution is 9.10. The SMILES string of the molecule is O=C1c2cccc3c(Br)ccc(c23)C(=O)N1/N=C/c1c(O)[nH]c(=O)[nH]c1=O. The Morgan fingerprint density at radius 3 is 2.41 bits per heavy atom. The van der Waals surface area contributed by atoms with Crippen LogP contribution in [0.1, 0.15) is 26.3 Å². The third-order valence-corrected chi connectivity index (χ3v) is 4.79. The van der Waals surface area contributed by atoms with Crippen molar-refractivity contribution in [1.29, 1.82) is 0 Å². The molecule has 0 unspecified atom stereocenters. The fourth-order valence-electron chi connectivity index (χ4n) is 2.87. The molecule has 2 aromatic carbocycles. The minimum absolute atomic E-state index is 0.278. The topological polar surface area (TPSA) is 136 Å². The smallest absolute Gasteiger partial charge is 0.328 e. The number of amides is 2. The summed E-state index contributed by atoms with van der Waals surface area (Å²) in [4.78, 5) is 52.3. The number of carbonyl (C=O) groups excluding carboxylic acids is 2. The van der Waals surface area contributed by atoms with E-state index < -0.39 is 34.5 Å². The Kier molecular flexibility index (Phi) is 3.77. The van der Waals surface area contributed by atoms with Gasteiger partial charge in [-0.25, -0.2) is 4.79 Å². The zero-order valence-corrected chi connectivity index (χ0v) is 14.9. The van der Waals surface area contributed by atoms with Gasteiger partial charge in [0.25, 0.3) is 17.4 Å². The normalized spacial score (nSPS) is 13.7. The molecule has 3 aromatic rings. The molecule has 0 radical (unpaired) electrons. The van der Waals surface area contributed by atoms with Crippen LogP contribution >= 0.6 is 15.9 Å². The van der Waals surface area contributed by atoms with Crippen LogP contribution in [-0.2, 0) is 0 Å². The number of hydrogen-bond donors (Lipinski definition) is 3. The fraction of sp³-hybridized carbons (Fsp3) is 0. The second-order valence-corrected chi connectivity index (χ2v) is 6.51. The summed E-state index contributed by atoms with van der Waals surface area (Å²) in [6.45, 7) is 0. The number of hydrogen-bond acceptors (Lipinski definition) is 6. The summed E-state index contributed by atoms with van der Waals surface area (Å²) < 4.78 is 0.741. The predicted octanol–water partition coefficient (Wildman–Crippen LogP) is 1.31. The lowest BCUT2D eigenvalue weighted by molar-refractivity contribution is 0.0616. The van der Waals surface area contributed by atoms with Crippen LogP contribution in [0.3, 0.4) is 0 Å². The highest BCUT2D eigenvalue weighted by Gasteiger charge is 2.33. The number of rotatable bonds is 2. The summed E-state index contributed by atoms with van der Waals surface area (Å²) in [5, 5.41) is 15.3. The zero-order valence-electron chi connectivity index (χ0n) is 13.3. The second-order valence-electron chi connectivity index (χ2n) is 5.66. The molecule has 0 atom stereocenters. The number of aromatic nitrogens is 2. The van der Waals surface area contributed by atoms with Crippen LogP contribution in [0.5, 0.6) is 5.88 Å². The van der Waals surface area contributed by atoms with Crippen molar-refractivity contribution in [2.45, 2.75) is 0 Å². The van der Waals surface area contributed by atoms with Gasteiger partial charge in [-0.05, 0) is 23.6 Å². The number of nitrogens with zero attached hydrogens (tertiary/aromatic N) is 2. The third-order valence-electron chi connectivity index (χ3n) is 4.09. The van der Waals surface area contributed by atoms with E-state index >= 15 is 0 Å². The molecular formula is C17H9BrN4O5. The van der Waals surface area contributed by atoms with Crippen LogP contribution in [-0.4, -0.2) is 38.1 Å². The van der Waals surface area contributed by atoms with Crippen molar-refractivity contribution in [1.82, 2.24) is 15.0 Å². The molecule has 4 rings (SSSR count). The number of carbonyl (C=O) groups is 2. The molecule has 0 fully saturated rings. The molecule has 0 bridgehead atoms. The third kappa shape index (κ3) is 2.57. The van der Waals surface area contributed by atoms with Gasteiger partial charge in [-0.15, -0.1) is 0 Å². The number of imide groups is 1. The van der Waals surface area contributed by atoms with E-state index in [1.54, 1.807) is 30.3 Å². The van der Waals surface area contributed by atoms with E-state index in [4.69, 9.17) is 0 Å². The number of benzene rings is 2. The van der Waals surface area contributed by atoms with Crippen LogP contribution in [0.25, 0.3) is 10.8 Å². The van der Waals surface area contributed by atoms with Crippen molar-refractivity contribution in [2.24, 2.45) is 5.10 Å². The van der Waals surface area contributed by atoms with Crippen molar-refractivity contribution < 1.29 is 14.7 Å². The summed E-state index contributed by atoms with van der Waals surface area (Å²) in [6, 6.07) is 8.29. The summed E-state index contributed by atoms with van der Waals surface area (Å²) >= 11 is 3.40. The molecule has 3 N–H and O–H groups in total. The van der Waals surface area contributed by atoms with Gasteiger partial charge in [-0.3, -0.25) is 24.4 Å². The average molecular weight is 429 g/mol. The van der Waals surface area contributed by atoms with E-state index in [-0.39, 0.29) is 11.1 Å². The largest absolute Gasteiger partial charge is 0.494 e. The van der Waals surface area contributed by atoms with Crippen LogP contribution in [0, 0.1) is 0 Å². The molecule has 2 heterocycles. The molecule has 0 aliphatic carbocycles. The molecule has 1 aliphatic rings. The number of aromatic hydroxyl groups is 1. The minimum Gasteiger partial charge on any atom is -0.494 e. The van der Waals surface area contributed by atoms with Crippen molar-refractivity contribution in [3.8, 4) is 5.88 Å². The van der Waals surface area contributed by atoms with Gasteiger partial charge in [0.1, 0.15) is 5.56 Å². The van der Waals surface area contributed by atoms with Gasteiger partial charge in [-0.2, -0.15) is 10.1 Å². The Morgan fingerprint density at radius 2 is 1.70 bits per heavy atom. The molecule has 1 aromatic heterocycles. The summed E-state index contributed by atoms with van der Waals surface area (Å²) in [6.07, 6.45) is 0.837. The number of aromatic amines is 2. The fourth-order valence-corrected chi connectivity index (χ4v) is 3.33. The van der Waals surface area contributed by atoms with Gasteiger partial charge in [0, 0.05) is 9.86 Å². The summed E-state index contributed by atoms with van der Waals surface area (Å²) in [5.74, 6) is -2.07. The lowest BCUT2D eigenvalue weighted by atomic mass is 9.95. The monoisotopic (exact) mass is 428 g/mol. The van der Waals surface area contributed by atoms with E-state index in [9.17, 15) is 24.3 Å². The van der Waals surface area contributed by atoms with E-state index in [1.165, 1.54) is 0 Å². The lowest BCUT2D eigenvalue weighted by Crippen LogP contribution is -2.36. The molecule has 134 valence electrons. The van der Waals surface area contributed by atoms with Crippen molar-refractivity contribution >= 4 is 44.7 Å². The first-order valence-electron chi connectivity index (χ1n) is 7.58. The van der Waals surface area contributed by atoms with E-state index in [0.29, 0.717) is 15.8 Å². The molecule has 10 heteroatoms. The van der Waals surface area contributed by atoms with Crippen LogP contribution in [0.2, 0.25) is 0 Å². The molecule has 0 spiro atoms. The molecule has 0 saturated carbocycles. The van der Waals surface area contributed by atoms with Gasteiger partial charge < -0.3 is 5.11 Å². The second kappa shape index (κ2) is 6.02. The minimum atomic E-state index is -0.914. The Hall–Kier alpha value is -3.53. The quantitative estimate of drug-likeness (QED) is 0.417. The Labute approximate surface area is 158 Å². The first-order valence-corrected chi connectivity index (χ1v) is 8.37. The Balaban J connectivity index is 1.84. The van der Waals surface area contributed by atoms with E-state index in [2.05, 4.69) is 21.0 Å². The van der Waals surface area contributed by atoms with Gasteiger partial charge in [-0.1, -0.05) is 28.1 Å². The highest BCUT2D eigenvalue weighted by Crippen LogP contribution is 2.34. The van der Waals surface area contributed by atoms with Gasteiger partial charge >= 0.3 is 5.69 Å². The molecule has 27 heavy (non-hydrogen) atoms. The Bertz CT molecular complexity index is 1270.